The second-order valence-electron chi connectivity index (χ2n) is 10.7. The monoisotopic (exact) mass is 516 g/mol. The third-order valence-electron chi connectivity index (χ3n) is 6.21. The zero-order chi connectivity index (χ0) is 27.3. The molecule has 0 aliphatic carbocycles. The second-order valence-corrected chi connectivity index (χ2v) is 10.7. The molecule has 9 heteroatoms. The van der Waals surface area contributed by atoms with Gasteiger partial charge in [-0.25, -0.2) is 9.59 Å². The average molecular weight is 517 g/mol. The Morgan fingerprint density at radius 3 is 2.24 bits per heavy atom. The molecule has 1 aromatic rings. The van der Waals surface area contributed by atoms with Gasteiger partial charge in [-0.3, -0.25) is 10.1 Å². The molecule has 0 bridgehead atoms. The van der Waals surface area contributed by atoms with E-state index in [1.165, 1.54) is 56.9 Å². The van der Waals surface area contributed by atoms with Crippen molar-refractivity contribution < 1.29 is 24.2 Å². The number of carboxylic acid groups (broad SMARTS) is 1. The summed E-state index contributed by atoms with van der Waals surface area (Å²) in [5.41, 5.74) is 1.24. The lowest BCUT2D eigenvalue weighted by atomic mass is 10.0. The molecule has 2 rings (SSSR count). The highest BCUT2D eigenvalue weighted by Crippen LogP contribution is 2.20. The van der Waals surface area contributed by atoms with Gasteiger partial charge in [-0.1, -0.05) is 64.0 Å². The first-order valence-corrected chi connectivity index (χ1v) is 13.5. The molecule has 0 saturated carbocycles. The molecule has 3 amide bonds. The van der Waals surface area contributed by atoms with Crippen LogP contribution in [0.4, 0.5) is 15.3 Å². The fourth-order valence-electron chi connectivity index (χ4n) is 4.27. The maximum atomic E-state index is 12.8. The molecule has 1 aromatic carbocycles. The van der Waals surface area contributed by atoms with Gasteiger partial charge in [0.15, 0.2) is 0 Å². The highest BCUT2D eigenvalue weighted by Gasteiger charge is 2.31. The molecule has 0 aromatic heterocycles. The molecule has 1 unspecified atom stereocenters. The van der Waals surface area contributed by atoms with E-state index in [-0.39, 0.29) is 24.3 Å². The molecule has 1 aliphatic rings. The number of nitrogens with zero attached hydrogens (tertiary/aromatic N) is 2. The Morgan fingerprint density at radius 1 is 1.03 bits per heavy atom. The summed E-state index contributed by atoms with van der Waals surface area (Å²) in [4.78, 5) is 41.5. The quantitative estimate of drug-likeness (QED) is 0.183. The van der Waals surface area contributed by atoms with Crippen LogP contribution in [0.2, 0.25) is 0 Å². The summed E-state index contributed by atoms with van der Waals surface area (Å²) >= 11 is 0. The van der Waals surface area contributed by atoms with Gasteiger partial charge in [-0.05, 0) is 57.7 Å². The average Bonchev–Trinajstić information content (AvgIpc) is 3.30. The van der Waals surface area contributed by atoms with Gasteiger partial charge in [0.2, 0.25) is 11.9 Å². The molecule has 0 spiro atoms. The number of amides is 3. The third-order valence-corrected chi connectivity index (χ3v) is 6.21. The number of aliphatic imine (C=N–C) groups is 1. The number of nitrogens with one attached hydrogen (secondary N) is 2. The zero-order valence-corrected chi connectivity index (χ0v) is 22.8. The minimum absolute atomic E-state index is 0.137. The largest absolute Gasteiger partial charge is 0.465 e. The first-order valence-electron chi connectivity index (χ1n) is 13.5. The first-order chi connectivity index (χ1) is 17.6. The molecular weight excluding hydrogens is 472 g/mol. The molecule has 1 heterocycles. The van der Waals surface area contributed by atoms with E-state index in [4.69, 9.17) is 9.84 Å². The van der Waals surface area contributed by atoms with E-state index in [0.717, 1.165) is 12.1 Å². The van der Waals surface area contributed by atoms with E-state index in [2.05, 4.69) is 34.7 Å². The van der Waals surface area contributed by atoms with Crippen LogP contribution in [0.5, 0.6) is 0 Å². The number of rotatable bonds is 11. The van der Waals surface area contributed by atoms with Crippen molar-refractivity contribution in [2.45, 2.75) is 97.5 Å². The van der Waals surface area contributed by atoms with Gasteiger partial charge in [-0.2, -0.15) is 0 Å². The van der Waals surface area contributed by atoms with Gasteiger partial charge >= 0.3 is 12.2 Å². The van der Waals surface area contributed by atoms with Crippen molar-refractivity contribution in [3.63, 3.8) is 0 Å². The lowest BCUT2D eigenvalue weighted by Crippen LogP contribution is -2.44. The highest BCUT2D eigenvalue weighted by atomic mass is 16.6. The van der Waals surface area contributed by atoms with Gasteiger partial charge < -0.3 is 20.1 Å². The number of aryl methyl sites for hydroxylation is 1. The number of hydrogen-bond donors (Lipinski definition) is 3. The van der Waals surface area contributed by atoms with E-state index >= 15 is 0 Å². The number of guanidine groups is 1. The number of unbranched alkanes of at least 4 members (excludes halogenated alkanes) is 7. The van der Waals surface area contributed by atoms with Crippen LogP contribution < -0.4 is 10.6 Å². The summed E-state index contributed by atoms with van der Waals surface area (Å²) in [5.74, 6) is -0.649. The van der Waals surface area contributed by atoms with Crippen LogP contribution in [0.1, 0.15) is 91.0 Å². The van der Waals surface area contributed by atoms with Gasteiger partial charge in [0, 0.05) is 18.8 Å². The van der Waals surface area contributed by atoms with Crippen molar-refractivity contribution in [3.05, 3.63) is 29.8 Å². The lowest BCUT2D eigenvalue weighted by Gasteiger charge is -2.21. The Balaban J connectivity index is 1.81. The standard InChI is InChI=1S/C28H44N4O5/c1-5-6-7-8-9-10-11-12-13-21-14-16-23(17-15-21)29-24(33)22-18-19-32(20-22)25(30-26(34)35)31-27(36)37-28(2,3)4/h14-17,22H,5-13,18-20H2,1-4H3,(H,29,33)(H,34,35)(H,30,31,36). The van der Waals surface area contributed by atoms with Crippen molar-refractivity contribution in [1.82, 2.24) is 10.2 Å². The van der Waals surface area contributed by atoms with Crippen molar-refractivity contribution in [2.24, 2.45) is 10.9 Å². The SMILES string of the molecule is CCCCCCCCCCc1ccc(NC(=O)C2CCN(C(=NC(=O)OC(C)(C)C)NC(=O)O)C2)cc1. The Morgan fingerprint density at radius 2 is 1.65 bits per heavy atom. The van der Waals surface area contributed by atoms with E-state index < -0.39 is 17.8 Å². The van der Waals surface area contributed by atoms with E-state index in [1.54, 1.807) is 25.7 Å². The van der Waals surface area contributed by atoms with E-state index in [9.17, 15) is 14.4 Å². The Hall–Kier alpha value is -3.10. The van der Waals surface area contributed by atoms with E-state index in [1.807, 2.05) is 12.1 Å². The molecular formula is C28H44N4O5. The van der Waals surface area contributed by atoms with Crippen molar-refractivity contribution in [3.8, 4) is 0 Å². The number of benzene rings is 1. The van der Waals surface area contributed by atoms with Gasteiger partial charge in [0.05, 0.1) is 5.92 Å². The molecule has 1 atom stereocenters. The number of likely N-dealkylation sites (tertiary alicyclic amines) is 1. The number of hydrogen-bond acceptors (Lipinski definition) is 4. The van der Waals surface area contributed by atoms with Crippen molar-refractivity contribution in [1.29, 1.82) is 0 Å². The zero-order valence-electron chi connectivity index (χ0n) is 22.8. The first kappa shape index (κ1) is 30.1. The Bertz CT molecular complexity index is 908. The Labute approximate surface area is 221 Å². The maximum absolute atomic E-state index is 12.8. The molecule has 3 N–H and O–H groups in total. The van der Waals surface area contributed by atoms with Gasteiger partial charge in [0.25, 0.3) is 0 Å². The maximum Gasteiger partial charge on any atom is 0.437 e. The van der Waals surface area contributed by atoms with Gasteiger partial charge in [0.1, 0.15) is 5.60 Å². The summed E-state index contributed by atoms with van der Waals surface area (Å²) in [6.07, 6.45) is 9.67. The van der Waals surface area contributed by atoms with Crippen molar-refractivity contribution >= 4 is 29.7 Å². The van der Waals surface area contributed by atoms with Crippen LogP contribution >= 0.6 is 0 Å². The fourth-order valence-corrected chi connectivity index (χ4v) is 4.27. The number of ether oxygens (including phenoxy) is 1. The molecule has 0 radical (unpaired) electrons. The molecule has 9 nitrogen and oxygen atoms in total. The predicted molar refractivity (Wildman–Crippen MR) is 146 cm³/mol. The van der Waals surface area contributed by atoms with Crippen LogP contribution in [0, 0.1) is 5.92 Å². The fraction of sp³-hybridized carbons (Fsp3) is 0.643. The Kier molecular flexibility index (Phi) is 12.4. The summed E-state index contributed by atoms with van der Waals surface area (Å²) in [6, 6.07) is 7.96. The van der Waals surface area contributed by atoms with Crippen LogP contribution in [0.25, 0.3) is 0 Å². The smallest absolute Gasteiger partial charge is 0.437 e. The molecule has 1 fully saturated rings. The molecule has 37 heavy (non-hydrogen) atoms. The van der Waals surface area contributed by atoms with Crippen molar-refractivity contribution in [2.75, 3.05) is 18.4 Å². The normalized spacial score (nSPS) is 15.9. The molecule has 1 aliphatic heterocycles. The minimum Gasteiger partial charge on any atom is -0.465 e. The number of carbonyl (C=O) groups excluding carboxylic acids is 2. The minimum atomic E-state index is -1.35. The second kappa shape index (κ2) is 15.2. The summed E-state index contributed by atoms with van der Waals surface area (Å²) in [6.45, 7) is 7.96. The third kappa shape index (κ3) is 12.1. The van der Waals surface area contributed by atoms with E-state index in [0.29, 0.717) is 13.0 Å². The summed E-state index contributed by atoms with van der Waals surface area (Å²) < 4.78 is 5.16. The topological polar surface area (TPSA) is 120 Å². The molecule has 1 saturated heterocycles. The summed E-state index contributed by atoms with van der Waals surface area (Å²) in [5, 5.41) is 14.3. The van der Waals surface area contributed by atoms with Crippen LogP contribution in [-0.4, -0.2) is 52.8 Å². The predicted octanol–water partition coefficient (Wildman–Crippen LogP) is 6.19. The van der Waals surface area contributed by atoms with Crippen LogP contribution in [-0.2, 0) is 16.0 Å². The lowest BCUT2D eigenvalue weighted by molar-refractivity contribution is -0.119. The number of anilines is 1. The van der Waals surface area contributed by atoms with Gasteiger partial charge in [-0.15, -0.1) is 4.99 Å². The number of carbonyl (C=O) groups is 3. The van der Waals surface area contributed by atoms with Crippen LogP contribution in [0.3, 0.4) is 0 Å². The summed E-state index contributed by atoms with van der Waals surface area (Å²) in [7, 11) is 0. The highest BCUT2D eigenvalue weighted by molar-refractivity contribution is 5.99. The molecule has 206 valence electrons. The van der Waals surface area contributed by atoms with Crippen LogP contribution in [0.15, 0.2) is 29.3 Å².